The van der Waals surface area contributed by atoms with Crippen molar-refractivity contribution < 1.29 is 18.9 Å². The van der Waals surface area contributed by atoms with Crippen molar-refractivity contribution in [3.05, 3.63) is 106 Å². The predicted octanol–water partition coefficient (Wildman–Crippen LogP) is 11.3. The third kappa shape index (κ3) is 11.8. The molecule has 0 fully saturated rings. The summed E-state index contributed by atoms with van der Waals surface area (Å²) in [5.74, 6) is 2.58. The van der Waals surface area contributed by atoms with Crippen molar-refractivity contribution in [2.24, 2.45) is 0 Å². The summed E-state index contributed by atoms with van der Waals surface area (Å²) >= 11 is -2.48. The fraction of sp³-hybridized carbons (Fsp3) is 0.452. The van der Waals surface area contributed by atoms with Gasteiger partial charge in [0.2, 0.25) is 0 Å². The van der Waals surface area contributed by atoms with Gasteiger partial charge in [-0.05, 0) is 12.1 Å². The maximum absolute atomic E-state index is 6.71. The topological polar surface area (TPSA) is 49.8 Å². The van der Waals surface area contributed by atoms with Gasteiger partial charge < -0.3 is 4.74 Å². The van der Waals surface area contributed by atoms with Gasteiger partial charge in [-0.1, -0.05) is 0 Å². The first-order valence-electron chi connectivity index (χ1n) is 18.1. The summed E-state index contributed by atoms with van der Waals surface area (Å²) in [6, 6.07) is 26.7. The summed E-state index contributed by atoms with van der Waals surface area (Å²) in [6.07, 6.45) is 12.1. The zero-order valence-corrected chi connectivity index (χ0v) is 32.9. The number of pyridine rings is 1. The van der Waals surface area contributed by atoms with Crippen LogP contribution in [0.15, 0.2) is 89.0 Å². The Hall–Kier alpha value is -3.03. The number of ether oxygens (including phenoxy) is 4. The zero-order chi connectivity index (χ0) is 34.0. The second kappa shape index (κ2) is 20.5. The van der Waals surface area contributed by atoms with E-state index >= 15 is 0 Å². The van der Waals surface area contributed by atoms with Crippen LogP contribution < -0.4 is 14.2 Å². The second-order valence-electron chi connectivity index (χ2n) is 13.0. The quantitative estimate of drug-likeness (QED) is 0.0747. The van der Waals surface area contributed by atoms with E-state index < -0.39 is 18.4 Å². The summed E-state index contributed by atoms with van der Waals surface area (Å²) in [4.78, 5) is 5.08. The molecule has 3 aromatic carbocycles. The Labute approximate surface area is 293 Å². The van der Waals surface area contributed by atoms with Crippen molar-refractivity contribution in [2.45, 2.75) is 105 Å². The third-order valence-electron chi connectivity index (χ3n) is 9.34. The third-order valence-corrected chi connectivity index (χ3v) is 23.5. The molecule has 0 radical (unpaired) electrons. The summed E-state index contributed by atoms with van der Waals surface area (Å²) in [6.45, 7) is 8.07. The molecule has 6 heteroatoms. The van der Waals surface area contributed by atoms with E-state index in [9.17, 15) is 0 Å². The van der Waals surface area contributed by atoms with E-state index in [0.29, 0.717) is 13.2 Å². The average Bonchev–Trinajstić information content (AvgIpc) is 3.14. The normalized spacial score (nSPS) is 12.4. The van der Waals surface area contributed by atoms with Crippen molar-refractivity contribution >= 4 is 29.3 Å². The molecule has 4 rings (SSSR count). The molecule has 1 aromatic heterocycles. The molecule has 0 N–H and O–H groups in total. The van der Waals surface area contributed by atoms with Gasteiger partial charge in [-0.15, -0.1) is 0 Å². The number of fused-ring (bicyclic) bond motifs is 1. The Morgan fingerprint density at radius 3 is 1.83 bits per heavy atom. The van der Waals surface area contributed by atoms with Crippen LogP contribution in [0.3, 0.4) is 0 Å². The van der Waals surface area contributed by atoms with Crippen molar-refractivity contribution in [3.63, 3.8) is 0 Å². The fourth-order valence-electron chi connectivity index (χ4n) is 6.30. The summed E-state index contributed by atoms with van der Waals surface area (Å²) in [5, 5.41) is 1.03. The number of benzene rings is 3. The van der Waals surface area contributed by atoms with Gasteiger partial charge in [0.15, 0.2) is 0 Å². The van der Waals surface area contributed by atoms with E-state index in [4.69, 9.17) is 23.9 Å². The molecule has 48 heavy (non-hydrogen) atoms. The molecule has 1 unspecified atom stereocenters. The van der Waals surface area contributed by atoms with Gasteiger partial charge in [-0.2, -0.15) is 0 Å². The molecule has 1 heterocycles. The maximum atomic E-state index is 6.71. The van der Waals surface area contributed by atoms with E-state index in [2.05, 4.69) is 61.3 Å². The molecule has 0 spiro atoms. The molecule has 0 aliphatic carbocycles. The number of nitrogens with zero attached hydrogens (tertiary/aromatic N) is 1. The number of hydrogen-bond acceptors (Lipinski definition) is 5. The van der Waals surface area contributed by atoms with Gasteiger partial charge in [0.25, 0.3) is 0 Å². The van der Waals surface area contributed by atoms with Crippen LogP contribution in [0, 0.1) is 0 Å². The van der Waals surface area contributed by atoms with Crippen molar-refractivity contribution in [3.8, 4) is 17.2 Å². The molecule has 258 valence electrons. The predicted molar refractivity (Wildman–Crippen MR) is 203 cm³/mol. The van der Waals surface area contributed by atoms with Gasteiger partial charge >= 0.3 is 266 Å². The molecular formula is C42H57NO4Sn. The van der Waals surface area contributed by atoms with Gasteiger partial charge in [-0.3, -0.25) is 0 Å². The van der Waals surface area contributed by atoms with Crippen molar-refractivity contribution in [1.29, 1.82) is 0 Å². The second-order valence-corrected chi connectivity index (χ2v) is 26.0. The fourth-order valence-corrected chi connectivity index (χ4v) is 20.7. The molecule has 0 bridgehead atoms. The van der Waals surface area contributed by atoms with Crippen molar-refractivity contribution in [2.75, 3.05) is 14.2 Å². The van der Waals surface area contributed by atoms with Gasteiger partial charge in [-0.25, -0.2) is 0 Å². The first-order valence-corrected chi connectivity index (χ1v) is 25.8. The van der Waals surface area contributed by atoms with Crippen LogP contribution in [0.1, 0.15) is 82.5 Å². The Bertz CT molecular complexity index is 1500. The van der Waals surface area contributed by atoms with Crippen LogP contribution >= 0.6 is 0 Å². The summed E-state index contributed by atoms with van der Waals surface area (Å²) in [7, 11) is 3.39. The van der Waals surface area contributed by atoms with Crippen LogP contribution in [-0.4, -0.2) is 43.7 Å². The van der Waals surface area contributed by atoms with E-state index in [1.54, 1.807) is 14.2 Å². The molecule has 0 saturated carbocycles. The number of aromatic nitrogens is 1. The van der Waals surface area contributed by atoms with Gasteiger partial charge in [0.1, 0.15) is 5.75 Å². The molecule has 5 nitrogen and oxygen atoms in total. The first kappa shape index (κ1) is 37.8. The molecule has 0 amide bonds. The first-order chi connectivity index (χ1) is 23.5. The number of aryl methyl sites for hydroxylation is 1. The molecule has 1 atom stereocenters. The van der Waals surface area contributed by atoms with Gasteiger partial charge in [0.05, 0.1) is 7.11 Å². The van der Waals surface area contributed by atoms with Crippen LogP contribution in [0.25, 0.3) is 10.9 Å². The summed E-state index contributed by atoms with van der Waals surface area (Å²) in [5.41, 5.74) is 4.24. The van der Waals surface area contributed by atoms with E-state index in [-0.39, 0.29) is 6.10 Å². The minimum absolute atomic E-state index is 0.0185. The van der Waals surface area contributed by atoms with Crippen LogP contribution in [0.4, 0.5) is 0 Å². The SMILES string of the molecule is CCC[CH2][Sn](/[CH]=C/C(CCc1cc(OCc2ccc(OC)cc2)c2ccccc2n1)OCc1ccc(OC)cc1)([CH2]CCC)[CH2]CCC. The number of methoxy groups -OCH3 is 2. The number of para-hydroxylation sites is 1. The molecule has 4 aromatic rings. The summed E-state index contributed by atoms with van der Waals surface area (Å²) < 4.78 is 31.0. The van der Waals surface area contributed by atoms with Crippen LogP contribution in [0.2, 0.25) is 13.3 Å². The number of hydrogen-bond donors (Lipinski definition) is 0. The minimum atomic E-state index is -2.48. The monoisotopic (exact) mass is 759 g/mol. The Morgan fingerprint density at radius 1 is 0.708 bits per heavy atom. The Morgan fingerprint density at radius 2 is 1.27 bits per heavy atom. The van der Waals surface area contributed by atoms with Crippen LogP contribution in [-0.2, 0) is 24.4 Å². The molecule has 0 aliphatic rings. The average molecular weight is 759 g/mol. The standard InChI is InChI=1S/C30H30NO4.3C4H9.Sn/c1-4-25(34-20-22-9-14-26(32-2)15-10-22)18-13-24-19-30(28-7-5-6-8-29(28)31-24)35-21-23-11-16-27(33-3)17-12-23;3*1-3-4-2;/h1,4-12,14-17,19,25H,13,18,20-21H2,2-3H3;3*1,3-4H2,2H3;. The van der Waals surface area contributed by atoms with Gasteiger partial charge in [0, 0.05) is 0 Å². The number of unbranched alkanes of at least 4 members (excludes halogenated alkanes) is 3. The van der Waals surface area contributed by atoms with E-state index in [0.717, 1.165) is 57.8 Å². The van der Waals surface area contributed by atoms with E-state index in [1.807, 2.05) is 48.5 Å². The Balaban J connectivity index is 1.57. The van der Waals surface area contributed by atoms with Crippen LogP contribution in [0.5, 0.6) is 17.2 Å². The number of rotatable bonds is 22. The van der Waals surface area contributed by atoms with Crippen molar-refractivity contribution in [1.82, 2.24) is 4.98 Å². The van der Waals surface area contributed by atoms with E-state index in [1.165, 1.54) is 51.8 Å². The molecule has 0 aliphatic heterocycles. The molecule has 0 saturated heterocycles. The Kier molecular flexibility index (Phi) is 16.1. The zero-order valence-electron chi connectivity index (χ0n) is 30.0. The molecular weight excluding hydrogens is 701 g/mol.